The van der Waals surface area contributed by atoms with Crippen molar-refractivity contribution in [3.8, 4) is 0 Å². The quantitative estimate of drug-likeness (QED) is 0.720. The lowest BCUT2D eigenvalue weighted by Crippen LogP contribution is -2.35. The van der Waals surface area contributed by atoms with E-state index in [1.807, 2.05) is 32.9 Å². The lowest BCUT2D eigenvalue weighted by atomic mass is 10.1. The zero-order chi connectivity index (χ0) is 23.6. The second kappa shape index (κ2) is 9.42. The summed E-state index contributed by atoms with van der Waals surface area (Å²) in [5.74, 6) is -0.706. The van der Waals surface area contributed by atoms with Gasteiger partial charge in [-0.05, 0) is 69.4 Å². The third-order valence-corrected chi connectivity index (χ3v) is 7.71. The molecule has 0 bridgehead atoms. The van der Waals surface area contributed by atoms with Gasteiger partial charge in [0.1, 0.15) is 0 Å². The van der Waals surface area contributed by atoms with E-state index in [1.165, 1.54) is 28.4 Å². The van der Waals surface area contributed by atoms with E-state index in [0.29, 0.717) is 18.7 Å². The van der Waals surface area contributed by atoms with Crippen molar-refractivity contribution in [1.29, 1.82) is 0 Å². The molecule has 0 radical (unpaired) electrons. The molecule has 32 heavy (non-hydrogen) atoms. The highest BCUT2D eigenvalue weighted by atomic mass is 32.2. The monoisotopic (exact) mass is 457 g/mol. The number of rotatable bonds is 6. The molecule has 0 aliphatic carbocycles. The average Bonchev–Trinajstić information content (AvgIpc) is 3.26. The molecule has 2 aromatic rings. The number of likely N-dealkylation sites (N-methyl/N-ethyl adjacent to an activating group) is 1. The van der Waals surface area contributed by atoms with E-state index in [4.69, 9.17) is 0 Å². The van der Waals surface area contributed by atoms with Crippen LogP contribution in [0.15, 0.2) is 35.2 Å². The maximum Gasteiger partial charge on any atom is 0.254 e. The molecule has 8 heteroatoms. The summed E-state index contributed by atoms with van der Waals surface area (Å²) in [5, 5.41) is 2.89. The van der Waals surface area contributed by atoms with Gasteiger partial charge in [0.2, 0.25) is 15.9 Å². The van der Waals surface area contributed by atoms with Gasteiger partial charge in [0.05, 0.1) is 11.4 Å². The van der Waals surface area contributed by atoms with Gasteiger partial charge in [-0.3, -0.25) is 9.59 Å². The van der Waals surface area contributed by atoms with Crippen LogP contribution in [0.2, 0.25) is 0 Å². The summed E-state index contributed by atoms with van der Waals surface area (Å²) < 4.78 is 27.2. The zero-order valence-electron chi connectivity index (χ0n) is 19.4. The van der Waals surface area contributed by atoms with Gasteiger partial charge in [-0.1, -0.05) is 23.8 Å². The highest BCUT2D eigenvalue weighted by molar-refractivity contribution is 7.89. The van der Waals surface area contributed by atoms with Gasteiger partial charge < -0.3 is 10.2 Å². The number of carbonyl (C=O) groups is 2. The van der Waals surface area contributed by atoms with Crippen LogP contribution in [0, 0.1) is 27.7 Å². The molecule has 1 fully saturated rings. The van der Waals surface area contributed by atoms with Gasteiger partial charge in [-0.2, -0.15) is 4.31 Å². The lowest BCUT2D eigenvalue weighted by Gasteiger charge is -2.21. The molecule has 172 valence electrons. The molecular formula is C24H31N3O4S. The first-order valence-corrected chi connectivity index (χ1v) is 12.2. The molecule has 1 N–H and O–H groups in total. The van der Waals surface area contributed by atoms with E-state index in [1.54, 1.807) is 13.0 Å². The van der Waals surface area contributed by atoms with E-state index in [2.05, 4.69) is 5.32 Å². The molecule has 0 unspecified atom stereocenters. The van der Waals surface area contributed by atoms with Crippen molar-refractivity contribution < 1.29 is 18.0 Å². The molecule has 0 saturated carbocycles. The number of nitrogens with one attached hydrogen (secondary N) is 1. The highest BCUT2D eigenvalue weighted by Gasteiger charge is 2.28. The average molecular weight is 458 g/mol. The molecule has 1 heterocycles. The molecule has 0 atom stereocenters. The Balaban J connectivity index is 1.76. The number of anilines is 1. The van der Waals surface area contributed by atoms with Crippen LogP contribution in [0.25, 0.3) is 0 Å². The molecule has 7 nitrogen and oxygen atoms in total. The Hall–Kier alpha value is -2.71. The van der Waals surface area contributed by atoms with Crippen LogP contribution in [0.3, 0.4) is 0 Å². The fourth-order valence-corrected chi connectivity index (χ4v) is 5.66. The second-order valence-electron chi connectivity index (χ2n) is 8.57. The van der Waals surface area contributed by atoms with Crippen molar-refractivity contribution >= 4 is 27.5 Å². The van der Waals surface area contributed by atoms with E-state index < -0.39 is 15.9 Å². The molecule has 3 rings (SSSR count). The summed E-state index contributed by atoms with van der Waals surface area (Å²) in [4.78, 5) is 27.1. The normalized spacial score (nSPS) is 14.4. The predicted octanol–water partition coefficient (Wildman–Crippen LogP) is 3.42. The Morgan fingerprint density at radius 2 is 1.56 bits per heavy atom. The fourth-order valence-electron chi connectivity index (χ4n) is 4.12. The summed E-state index contributed by atoms with van der Waals surface area (Å²) >= 11 is 0. The van der Waals surface area contributed by atoms with Crippen LogP contribution >= 0.6 is 0 Å². The first-order valence-electron chi connectivity index (χ1n) is 10.7. The number of amides is 2. The minimum Gasteiger partial charge on any atom is -0.332 e. The van der Waals surface area contributed by atoms with Crippen LogP contribution in [-0.2, 0) is 14.8 Å². The molecule has 1 aliphatic heterocycles. The van der Waals surface area contributed by atoms with Gasteiger partial charge in [-0.25, -0.2) is 8.42 Å². The molecule has 1 aliphatic rings. The first kappa shape index (κ1) is 23.9. The number of carbonyl (C=O) groups excluding carboxylic acids is 2. The van der Waals surface area contributed by atoms with Crippen molar-refractivity contribution in [3.05, 3.63) is 58.1 Å². The Kier molecular flexibility index (Phi) is 7.05. The van der Waals surface area contributed by atoms with Crippen molar-refractivity contribution in [2.24, 2.45) is 0 Å². The minimum absolute atomic E-state index is 0.108. The zero-order valence-corrected chi connectivity index (χ0v) is 20.2. The number of nitrogens with zero attached hydrogens (tertiary/aromatic N) is 2. The lowest BCUT2D eigenvalue weighted by molar-refractivity contribution is -0.116. The van der Waals surface area contributed by atoms with E-state index in [-0.39, 0.29) is 22.9 Å². The highest BCUT2D eigenvalue weighted by Crippen LogP contribution is 2.24. The van der Waals surface area contributed by atoms with Crippen LogP contribution in [0.4, 0.5) is 5.69 Å². The minimum atomic E-state index is -3.63. The largest absolute Gasteiger partial charge is 0.332 e. The standard InChI is InChI=1S/C24H31N3O4S/c1-16-12-18(3)23(19(4)13-16)25-22(28)15-26(5)24(29)21-14-20(9-8-17(21)2)32(30,31)27-10-6-7-11-27/h8-9,12-14H,6-7,10-11,15H2,1-5H3,(H,25,28). The van der Waals surface area contributed by atoms with Crippen LogP contribution in [-0.4, -0.2) is 56.1 Å². The summed E-state index contributed by atoms with van der Waals surface area (Å²) in [6.45, 7) is 8.47. The Bertz CT molecular complexity index is 1130. The van der Waals surface area contributed by atoms with Gasteiger partial charge >= 0.3 is 0 Å². The maximum atomic E-state index is 13.1. The third-order valence-electron chi connectivity index (χ3n) is 5.81. The Morgan fingerprint density at radius 1 is 0.969 bits per heavy atom. The van der Waals surface area contributed by atoms with Crippen LogP contribution < -0.4 is 5.32 Å². The Labute approximate surface area is 190 Å². The molecule has 2 aromatic carbocycles. The van der Waals surface area contributed by atoms with Crippen molar-refractivity contribution in [3.63, 3.8) is 0 Å². The molecule has 0 aromatic heterocycles. The van der Waals surface area contributed by atoms with E-state index in [9.17, 15) is 18.0 Å². The first-order chi connectivity index (χ1) is 15.0. The van der Waals surface area contributed by atoms with E-state index in [0.717, 1.165) is 35.2 Å². The molecular weight excluding hydrogens is 426 g/mol. The fraction of sp³-hybridized carbons (Fsp3) is 0.417. The SMILES string of the molecule is Cc1cc(C)c(NC(=O)CN(C)C(=O)c2cc(S(=O)(=O)N3CCCC3)ccc2C)c(C)c1. The summed E-state index contributed by atoms with van der Waals surface area (Å²) in [7, 11) is -2.09. The predicted molar refractivity (Wildman–Crippen MR) is 125 cm³/mol. The molecule has 1 saturated heterocycles. The summed E-state index contributed by atoms with van der Waals surface area (Å²) in [6, 6.07) is 8.59. The van der Waals surface area contributed by atoms with Gasteiger partial charge in [0.25, 0.3) is 5.91 Å². The van der Waals surface area contributed by atoms with Crippen LogP contribution in [0.5, 0.6) is 0 Å². The van der Waals surface area contributed by atoms with Crippen molar-refractivity contribution in [2.45, 2.75) is 45.4 Å². The summed E-state index contributed by atoms with van der Waals surface area (Å²) in [5.41, 5.74) is 4.72. The Morgan fingerprint density at radius 3 is 2.16 bits per heavy atom. The maximum absolute atomic E-state index is 13.1. The number of sulfonamides is 1. The molecule has 2 amide bonds. The van der Waals surface area contributed by atoms with Crippen LogP contribution in [0.1, 0.15) is 45.5 Å². The van der Waals surface area contributed by atoms with Crippen molar-refractivity contribution in [1.82, 2.24) is 9.21 Å². The second-order valence-corrected chi connectivity index (χ2v) is 10.5. The molecule has 0 spiro atoms. The third kappa shape index (κ3) is 5.02. The number of hydrogen-bond acceptors (Lipinski definition) is 4. The van der Waals surface area contributed by atoms with E-state index >= 15 is 0 Å². The smallest absolute Gasteiger partial charge is 0.254 e. The number of benzene rings is 2. The topological polar surface area (TPSA) is 86.8 Å². The number of aryl methyl sites for hydroxylation is 4. The van der Waals surface area contributed by atoms with Gasteiger partial charge in [-0.15, -0.1) is 0 Å². The van der Waals surface area contributed by atoms with Gasteiger partial charge in [0.15, 0.2) is 0 Å². The summed E-state index contributed by atoms with van der Waals surface area (Å²) in [6.07, 6.45) is 1.68. The van der Waals surface area contributed by atoms with Gasteiger partial charge in [0, 0.05) is 31.4 Å². The number of hydrogen-bond donors (Lipinski definition) is 1. The van der Waals surface area contributed by atoms with Crippen molar-refractivity contribution in [2.75, 3.05) is 32.0 Å².